The molecule has 0 heterocycles. The number of hydrogen-bond donors (Lipinski definition) is 0. The van der Waals surface area contributed by atoms with Crippen LogP contribution in [0.2, 0.25) is 0 Å². The summed E-state index contributed by atoms with van der Waals surface area (Å²) >= 11 is 0. The second-order valence-electron chi connectivity index (χ2n) is 3.55. The van der Waals surface area contributed by atoms with Crippen molar-refractivity contribution in [2.75, 3.05) is 0 Å². The van der Waals surface area contributed by atoms with Gasteiger partial charge in [0, 0.05) is 0 Å². The molecule has 1 aliphatic carbocycles. The van der Waals surface area contributed by atoms with Gasteiger partial charge in [0.25, 0.3) is 0 Å². The summed E-state index contributed by atoms with van der Waals surface area (Å²) in [6.07, 6.45) is 7.17. The third-order valence-electron chi connectivity index (χ3n) is 2.66. The summed E-state index contributed by atoms with van der Waals surface area (Å²) in [5.74, 6) is 0.286. The van der Waals surface area contributed by atoms with E-state index in [0.717, 1.165) is 12.0 Å². The number of carbonyl (C=O) groups excluding carboxylic acids is 1. The summed E-state index contributed by atoms with van der Waals surface area (Å²) in [5.41, 5.74) is 2.55. The second kappa shape index (κ2) is 4.44. The van der Waals surface area contributed by atoms with Crippen LogP contribution in [0.1, 0.15) is 52.4 Å². The van der Waals surface area contributed by atoms with Crippen LogP contribution in [-0.4, -0.2) is 5.78 Å². The van der Waals surface area contributed by atoms with E-state index in [4.69, 9.17) is 0 Å². The molecule has 68 valence electrons. The van der Waals surface area contributed by atoms with Gasteiger partial charge < -0.3 is 0 Å². The zero-order valence-electron chi connectivity index (χ0n) is 8.15. The van der Waals surface area contributed by atoms with Crippen LogP contribution in [0.15, 0.2) is 11.1 Å². The first-order valence-electron chi connectivity index (χ1n) is 4.97. The Kier molecular flexibility index (Phi) is 3.51. The Morgan fingerprint density at radius 1 is 1.25 bits per heavy atom. The fourth-order valence-corrected chi connectivity index (χ4v) is 2.03. The van der Waals surface area contributed by atoms with Gasteiger partial charge in [0.05, 0.1) is 0 Å². The number of ketones is 1. The molecule has 0 aromatic rings. The molecular formula is C11H18O. The van der Waals surface area contributed by atoms with Gasteiger partial charge in [-0.3, -0.25) is 4.79 Å². The van der Waals surface area contributed by atoms with Gasteiger partial charge in [0.15, 0.2) is 5.78 Å². The van der Waals surface area contributed by atoms with Gasteiger partial charge in [-0.25, -0.2) is 0 Å². The molecule has 0 aromatic heterocycles. The van der Waals surface area contributed by atoms with E-state index in [1.165, 1.54) is 37.7 Å². The quantitative estimate of drug-likeness (QED) is 0.575. The van der Waals surface area contributed by atoms with E-state index in [0.29, 0.717) is 0 Å². The molecule has 1 rings (SSSR count). The minimum absolute atomic E-state index is 0.286. The fourth-order valence-electron chi connectivity index (χ4n) is 2.03. The van der Waals surface area contributed by atoms with Crippen molar-refractivity contribution in [1.82, 2.24) is 0 Å². The Labute approximate surface area is 74.9 Å². The summed E-state index contributed by atoms with van der Waals surface area (Å²) in [4.78, 5) is 11.2. The van der Waals surface area contributed by atoms with Crippen LogP contribution >= 0.6 is 0 Å². The molecule has 0 aliphatic heterocycles. The standard InChI is InChI=1S/C11H18O/c1-3-11(9(2)12)10-7-5-4-6-8-10/h3-8H2,1-2H3. The molecule has 12 heavy (non-hydrogen) atoms. The normalized spacial score (nSPS) is 17.7. The highest BCUT2D eigenvalue weighted by Crippen LogP contribution is 2.27. The minimum Gasteiger partial charge on any atom is -0.295 e. The molecule has 1 heteroatoms. The molecule has 0 bridgehead atoms. The molecule has 0 unspecified atom stereocenters. The predicted molar refractivity (Wildman–Crippen MR) is 51.1 cm³/mol. The van der Waals surface area contributed by atoms with Crippen molar-refractivity contribution in [3.63, 3.8) is 0 Å². The first-order chi connectivity index (χ1) is 5.75. The highest BCUT2D eigenvalue weighted by molar-refractivity contribution is 5.93. The molecule has 1 saturated carbocycles. The van der Waals surface area contributed by atoms with Crippen LogP contribution in [0.25, 0.3) is 0 Å². The van der Waals surface area contributed by atoms with E-state index < -0.39 is 0 Å². The molecule has 1 nitrogen and oxygen atoms in total. The summed E-state index contributed by atoms with van der Waals surface area (Å²) in [7, 11) is 0. The van der Waals surface area contributed by atoms with Gasteiger partial charge in [-0.05, 0) is 44.6 Å². The molecule has 0 atom stereocenters. The lowest BCUT2D eigenvalue weighted by atomic mass is 9.89. The highest BCUT2D eigenvalue weighted by atomic mass is 16.1. The number of hydrogen-bond acceptors (Lipinski definition) is 1. The largest absolute Gasteiger partial charge is 0.295 e. The summed E-state index contributed by atoms with van der Waals surface area (Å²) < 4.78 is 0. The summed E-state index contributed by atoms with van der Waals surface area (Å²) in [6, 6.07) is 0. The van der Waals surface area contributed by atoms with Gasteiger partial charge in [-0.15, -0.1) is 0 Å². The van der Waals surface area contributed by atoms with Crippen molar-refractivity contribution < 1.29 is 4.79 Å². The van der Waals surface area contributed by atoms with Crippen LogP contribution in [0.3, 0.4) is 0 Å². The van der Waals surface area contributed by atoms with Crippen LogP contribution in [0.5, 0.6) is 0 Å². The van der Waals surface area contributed by atoms with Crippen LogP contribution in [0, 0.1) is 0 Å². The van der Waals surface area contributed by atoms with E-state index in [1.807, 2.05) is 0 Å². The maximum Gasteiger partial charge on any atom is 0.155 e. The average Bonchev–Trinajstić information content (AvgIpc) is 2.07. The molecule has 1 fully saturated rings. The molecule has 0 aromatic carbocycles. The zero-order valence-corrected chi connectivity index (χ0v) is 8.15. The van der Waals surface area contributed by atoms with Crippen LogP contribution < -0.4 is 0 Å². The summed E-state index contributed by atoms with van der Waals surface area (Å²) in [6.45, 7) is 3.78. The zero-order chi connectivity index (χ0) is 8.97. The summed E-state index contributed by atoms with van der Waals surface area (Å²) in [5, 5.41) is 0. The van der Waals surface area contributed by atoms with Gasteiger partial charge >= 0.3 is 0 Å². The molecule has 1 aliphatic rings. The SMILES string of the molecule is CCC(C(C)=O)=C1CCCCC1. The first kappa shape index (κ1) is 9.50. The van der Waals surface area contributed by atoms with E-state index in [-0.39, 0.29) is 5.78 Å². The van der Waals surface area contributed by atoms with Crippen molar-refractivity contribution in [3.05, 3.63) is 11.1 Å². The lowest BCUT2D eigenvalue weighted by Crippen LogP contribution is -2.04. The number of Topliss-reactive ketones (excluding diaryl/α,β-unsaturated/α-hetero) is 1. The molecule has 0 saturated heterocycles. The number of rotatable bonds is 2. The predicted octanol–water partition coefficient (Wildman–Crippen LogP) is 3.25. The lowest BCUT2D eigenvalue weighted by molar-refractivity contribution is -0.113. The maximum atomic E-state index is 11.2. The maximum absolute atomic E-state index is 11.2. The third-order valence-corrected chi connectivity index (χ3v) is 2.66. The van der Waals surface area contributed by atoms with E-state index >= 15 is 0 Å². The van der Waals surface area contributed by atoms with Crippen molar-refractivity contribution in [2.45, 2.75) is 52.4 Å². The van der Waals surface area contributed by atoms with Crippen LogP contribution in [0.4, 0.5) is 0 Å². The Morgan fingerprint density at radius 3 is 2.25 bits per heavy atom. The Balaban J connectivity index is 2.75. The lowest BCUT2D eigenvalue weighted by Gasteiger charge is -2.16. The van der Waals surface area contributed by atoms with Gasteiger partial charge in [0.1, 0.15) is 0 Å². The monoisotopic (exact) mass is 166 g/mol. The Hall–Kier alpha value is -0.590. The average molecular weight is 166 g/mol. The Bertz CT molecular complexity index is 193. The smallest absolute Gasteiger partial charge is 0.155 e. The van der Waals surface area contributed by atoms with Gasteiger partial charge in [-0.2, -0.15) is 0 Å². The van der Waals surface area contributed by atoms with Crippen molar-refractivity contribution >= 4 is 5.78 Å². The van der Waals surface area contributed by atoms with E-state index in [9.17, 15) is 4.79 Å². The molecule has 0 spiro atoms. The van der Waals surface area contributed by atoms with Crippen molar-refractivity contribution in [2.24, 2.45) is 0 Å². The molecular weight excluding hydrogens is 148 g/mol. The number of allylic oxidation sites excluding steroid dienone is 2. The molecule has 0 amide bonds. The first-order valence-corrected chi connectivity index (χ1v) is 4.97. The van der Waals surface area contributed by atoms with Crippen molar-refractivity contribution in [1.29, 1.82) is 0 Å². The van der Waals surface area contributed by atoms with E-state index in [1.54, 1.807) is 6.92 Å². The Morgan fingerprint density at radius 2 is 1.83 bits per heavy atom. The van der Waals surface area contributed by atoms with E-state index in [2.05, 4.69) is 6.92 Å². The van der Waals surface area contributed by atoms with Gasteiger partial charge in [0.2, 0.25) is 0 Å². The molecule has 0 N–H and O–H groups in total. The molecule has 0 radical (unpaired) electrons. The second-order valence-corrected chi connectivity index (χ2v) is 3.55. The third kappa shape index (κ3) is 2.20. The minimum atomic E-state index is 0.286. The van der Waals surface area contributed by atoms with Crippen LogP contribution in [-0.2, 0) is 4.79 Å². The topological polar surface area (TPSA) is 17.1 Å². The highest BCUT2D eigenvalue weighted by Gasteiger charge is 2.12. The van der Waals surface area contributed by atoms with Crippen molar-refractivity contribution in [3.8, 4) is 0 Å². The number of carbonyl (C=O) groups is 1. The fraction of sp³-hybridized carbons (Fsp3) is 0.727. The van der Waals surface area contributed by atoms with Gasteiger partial charge in [-0.1, -0.05) is 18.9 Å².